The van der Waals surface area contributed by atoms with E-state index in [-0.39, 0.29) is 30.2 Å². The summed E-state index contributed by atoms with van der Waals surface area (Å²) in [5.41, 5.74) is 2.05. The number of nitrogens with one attached hydrogen (secondary N) is 2. The van der Waals surface area contributed by atoms with Gasteiger partial charge in [0.15, 0.2) is 5.78 Å². The molecule has 0 saturated heterocycles. The molecule has 0 heterocycles. The number of hydrogen-bond donors (Lipinski definition) is 2. The second kappa shape index (κ2) is 8.89. The van der Waals surface area contributed by atoms with E-state index < -0.39 is 11.7 Å². The van der Waals surface area contributed by atoms with Gasteiger partial charge in [0.25, 0.3) is 0 Å². The Morgan fingerprint density at radius 2 is 1.65 bits per heavy atom. The van der Waals surface area contributed by atoms with E-state index in [0.717, 1.165) is 18.1 Å². The summed E-state index contributed by atoms with van der Waals surface area (Å²) in [6, 6.07) is 11.2. The molecule has 0 aliphatic carbocycles. The summed E-state index contributed by atoms with van der Waals surface area (Å²) >= 11 is 0. The summed E-state index contributed by atoms with van der Waals surface area (Å²) in [5, 5.41) is 4.95. The lowest BCUT2D eigenvalue weighted by Gasteiger charge is -2.09. The predicted molar refractivity (Wildman–Crippen MR) is 98.7 cm³/mol. The van der Waals surface area contributed by atoms with E-state index in [1.807, 2.05) is 19.1 Å². The number of carbonyl (C=O) groups is 3. The molecule has 2 rings (SSSR count). The largest absolute Gasteiger partial charge is 0.326 e. The molecule has 0 fully saturated rings. The van der Waals surface area contributed by atoms with Crippen molar-refractivity contribution in [3.8, 4) is 0 Å². The van der Waals surface area contributed by atoms with Crippen molar-refractivity contribution in [1.82, 2.24) is 0 Å². The van der Waals surface area contributed by atoms with Crippen molar-refractivity contribution in [3.05, 3.63) is 59.4 Å². The highest BCUT2D eigenvalue weighted by Gasteiger charge is 2.11. The standard InChI is InChI=1S/C20H21FN2O3/c1-3-14-4-6-15(7-5-14)19(25)10-11-20(26)23-16-8-9-17(21)18(12-16)22-13(2)24/h4-9,12H,3,10-11H2,1-2H3,(H,22,24)(H,23,26). The van der Waals surface area contributed by atoms with Crippen LogP contribution in [-0.2, 0) is 16.0 Å². The Hall–Kier alpha value is -3.02. The van der Waals surface area contributed by atoms with Crippen molar-refractivity contribution in [3.63, 3.8) is 0 Å². The van der Waals surface area contributed by atoms with Crippen LogP contribution in [0.3, 0.4) is 0 Å². The first kappa shape index (κ1) is 19.3. The van der Waals surface area contributed by atoms with E-state index in [4.69, 9.17) is 0 Å². The van der Waals surface area contributed by atoms with Crippen LogP contribution in [0.15, 0.2) is 42.5 Å². The minimum Gasteiger partial charge on any atom is -0.326 e. The van der Waals surface area contributed by atoms with Crippen molar-refractivity contribution >= 4 is 29.0 Å². The van der Waals surface area contributed by atoms with Gasteiger partial charge in [-0.3, -0.25) is 14.4 Å². The van der Waals surface area contributed by atoms with Gasteiger partial charge in [0.2, 0.25) is 11.8 Å². The predicted octanol–water partition coefficient (Wildman–Crippen LogP) is 3.95. The normalized spacial score (nSPS) is 10.3. The van der Waals surface area contributed by atoms with E-state index in [0.29, 0.717) is 11.3 Å². The van der Waals surface area contributed by atoms with Crippen molar-refractivity contribution in [2.24, 2.45) is 0 Å². The van der Waals surface area contributed by atoms with Gasteiger partial charge < -0.3 is 10.6 Å². The summed E-state index contributed by atoms with van der Waals surface area (Å²) in [4.78, 5) is 35.2. The Bertz CT molecular complexity index is 816. The first-order valence-electron chi connectivity index (χ1n) is 8.38. The first-order valence-corrected chi connectivity index (χ1v) is 8.38. The summed E-state index contributed by atoms with van der Waals surface area (Å²) in [6.07, 6.45) is 0.993. The number of halogens is 1. The van der Waals surface area contributed by atoms with E-state index in [2.05, 4.69) is 10.6 Å². The summed E-state index contributed by atoms with van der Waals surface area (Å²) in [5.74, 6) is -1.47. The van der Waals surface area contributed by atoms with Crippen LogP contribution in [0, 0.1) is 5.82 Å². The molecule has 0 unspecified atom stereocenters. The Kier molecular flexibility index (Phi) is 6.60. The number of ketones is 1. The smallest absolute Gasteiger partial charge is 0.224 e. The molecule has 0 aliphatic heterocycles. The SMILES string of the molecule is CCc1ccc(C(=O)CCC(=O)Nc2ccc(F)c(NC(C)=O)c2)cc1. The van der Waals surface area contributed by atoms with Crippen LogP contribution in [0.1, 0.15) is 42.6 Å². The fourth-order valence-corrected chi connectivity index (χ4v) is 2.41. The molecule has 2 N–H and O–H groups in total. The Morgan fingerprint density at radius 3 is 2.27 bits per heavy atom. The number of benzene rings is 2. The van der Waals surface area contributed by atoms with Crippen molar-refractivity contribution in [1.29, 1.82) is 0 Å². The third-order valence-electron chi connectivity index (χ3n) is 3.82. The lowest BCUT2D eigenvalue weighted by atomic mass is 10.0. The highest BCUT2D eigenvalue weighted by molar-refractivity contribution is 6.00. The summed E-state index contributed by atoms with van der Waals surface area (Å²) in [7, 11) is 0. The molecule has 0 aliphatic rings. The Balaban J connectivity index is 1.91. The van der Waals surface area contributed by atoms with Gasteiger partial charge in [0.1, 0.15) is 5.82 Å². The van der Waals surface area contributed by atoms with Gasteiger partial charge >= 0.3 is 0 Å². The van der Waals surface area contributed by atoms with Crippen LogP contribution in [-0.4, -0.2) is 17.6 Å². The molecule has 5 nitrogen and oxygen atoms in total. The molecule has 6 heteroatoms. The van der Waals surface area contributed by atoms with Crippen LogP contribution in [0.5, 0.6) is 0 Å². The number of rotatable bonds is 7. The summed E-state index contributed by atoms with van der Waals surface area (Å²) < 4.78 is 13.6. The highest BCUT2D eigenvalue weighted by atomic mass is 19.1. The highest BCUT2D eigenvalue weighted by Crippen LogP contribution is 2.20. The topological polar surface area (TPSA) is 75.3 Å². The number of Topliss-reactive ketones (excluding diaryl/α,β-unsaturated/α-hetero) is 1. The average molecular weight is 356 g/mol. The molecule has 0 saturated carbocycles. The van der Waals surface area contributed by atoms with E-state index in [9.17, 15) is 18.8 Å². The number of carbonyl (C=O) groups excluding carboxylic acids is 3. The van der Waals surface area contributed by atoms with Gasteiger partial charge in [-0.2, -0.15) is 0 Å². The molecule has 2 amide bonds. The zero-order valence-electron chi connectivity index (χ0n) is 14.8. The van der Waals surface area contributed by atoms with E-state index in [1.165, 1.54) is 19.1 Å². The molecule has 0 bridgehead atoms. The van der Waals surface area contributed by atoms with Gasteiger partial charge in [0.05, 0.1) is 5.69 Å². The fourth-order valence-electron chi connectivity index (χ4n) is 2.41. The maximum absolute atomic E-state index is 13.6. The monoisotopic (exact) mass is 356 g/mol. The maximum Gasteiger partial charge on any atom is 0.224 e. The van der Waals surface area contributed by atoms with Crippen molar-refractivity contribution in [2.45, 2.75) is 33.1 Å². The van der Waals surface area contributed by atoms with Crippen LogP contribution >= 0.6 is 0 Å². The molecule has 0 radical (unpaired) electrons. The number of amides is 2. The molecule has 136 valence electrons. The fraction of sp³-hybridized carbons (Fsp3) is 0.250. The number of hydrogen-bond acceptors (Lipinski definition) is 3. The molecular formula is C20H21FN2O3. The van der Waals surface area contributed by atoms with Gasteiger partial charge in [0, 0.05) is 31.0 Å². The third kappa shape index (κ3) is 5.51. The molecule has 2 aromatic rings. The Morgan fingerprint density at radius 1 is 0.962 bits per heavy atom. The van der Waals surface area contributed by atoms with Crippen LogP contribution in [0.2, 0.25) is 0 Å². The third-order valence-corrected chi connectivity index (χ3v) is 3.82. The average Bonchev–Trinajstić information content (AvgIpc) is 2.62. The zero-order chi connectivity index (χ0) is 19.1. The van der Waals surface area contributed by atoms with Crippen molar-refractivity contribution < 1.29 is 18.8 Å². The lowest BCUT2D eigenvalue weighted by Crippen LogP contribution is -2.14. The maximum atomic E-state index is 13.6. The molecule has 0 aromatic heterocycles. The molecule has 0 atom stereocenters. The van der Waals surface area contributed by atoms with E-state index in [1.54, 1.807) is 12.1 Å². The lowest BCUT2D eigenvalue weighted by molar-refractivity contribution is -0.116. The van der Waals surface area contributed by atoms with Gasteiger partial charge in [-0.25, -0.2) is 4.39 Å². The molecule has 0 spiro atoms. The minimum atomic E-state index is -0.594. The molecule has 2 aromatic carbocycles. The van der Waals surface area contributed by atoms with Crippen LogP contribution in [0.25, 0.3) is 0 Å². The quantitative estimate of drug-likeness (QED) is 0.738. The zero-order valence-corrected chi connectivity index (χ0v) is 14.8. The number of anilines is 2. The van der Waals surface area contributed by atoms with Crippen LogP contribution < -0.4 is 10.6 Å². The Labute approximate surface area is 151 Å². The summed E-state index contributed by atoms with van der Waals surface area (Å²) in [6.45, 7) is 3.30. The number of aryl methyl sites for hydroxylation is 1. The molecule has 26 heavy (non-hydrogen) atoms. The first-order chi connectivity index (χ1) is 12.4. The second-order valence-corrected chi connectivity index (χ2v) is 5.90. The van der Waals surface area contributed by atoms with Crippen molar-refractivity contribution in [2.75, 3.05) is 10.6 Å². The van der Waals surface area contributed by atoms with Gasteiger partial charge in [-0.05, 0) is 30.2 Å². The van der Waals surface area contributed by atoms with Gasteiger partial charge in [-0.15, -0.1) is 0 Å². The van der Waals surface area contributed by atoms with Crippen LogP contribution in [0.4, 0.5) is 15.8 Å². The minimum absolute atomic E-state index is 0.0117. The van der Waals surface area contributed by atoms with Gasteiger partial charge in [-0.1, -0.05) is 31.2 Å². The second-order valence-electron chi connectivity index (χ2n) is 5.90. The van der Waals surface area contributed by atoms with E-state index >= 15 is 0 Å². The molecular weight excluding hydrogens is 335 g/mol.